The summed E-state index contributed by atoms with van der Waals surface area (Å²) in [5.74, 6) is 15.7. The Morgan fingerprint density at radius 3 is 0.881 bits per heavy atom. The van der Waals surface area contributed by atoms with E-state index in [0.29, 0.717) is 114 Å². The molecular weight excluding hydrogens is 1780 g/mol. The number of hydrogen-bond acceptors (Lipinski definition) is 17. The van der Waals surface area contributed by atoms with Gasteiger partial charge in [0.25, 0.3) is 0 Å². The molecule has 16 nitrogen and oxygen atoms in total. The first-order chi connectivity index (χ1) is 70.1. The van der Waals surface area contributed by atoms with Crippen LogP contribution in [0.4, 0.5) is 45.5 Å². The Bertz CT molecular complexity index is 7830. The fraction of sp³-hybridized carbons (Fsp3) is 0.159. The minimum atomic E-state index is 0.0395. The van der Waals surface area contributed by atoms with Crippen LogP contribution in [0.1, 0.15) is 97.2 Å². The summed E-state index contributed by atoms with van der Waals surface area (Å²) in [6, 6.07) is 133. The topological polar surface area (TPSA) is 154 Å². The zero-order valence-electron chi connectivity index (χ0n) is 80.6. The van der Waals surface area contributed by atoms with Crippen LogP contribution in [0.15, 0.2) is 385 Å². The Kier molecular flexibility index (Phi) is 26.1. The number of aromatic nitrogens is 6. The second-order valence-electron chi connectivity index (χ2n) is 38.3. The highest BCUT2D eigenvalue weighted by molar-refractivity contribution is 7.00. The first kappa shape index (κ1) is 91.6. The van der Waals surface area contributed by atoms with Crippen molar-refractivity contribution in [2.75, 3.05) is 72.2 Å². The molecule has 143 heavy (non-hydrogen) atoms. The maximum absolute atomic E-state index is 6.57. The van der Waals surface area contributed by atoms with Crippen LogP contribution in [0.25, 0.3) is 121 Å². The van der Waals surface area contributed by atoms with Crippen molar-refractivity contribution in [3.05, 3.63) is 432 Å². The van der Waals surface area contributed by atoms with Crippen molar-refractivity contribution in [1.82, 2.24) is 29.1 Å². The molecule has 17 heteroatoms. The molecule has 3 aromatic heterocycles. The third kappa shape index (κ3) is 20.1. The van der Waals surface area contributed by atoms with Gasteiger partial charge in [-0.25, -0.2) is 0 Å². The van der Waals surface area contributed by atoms with Gasteiger partial charge in [0.05, 0.1) is 87.1 Å². The molecule has 0 bridgehead atoms. The Hall–Kier alpha value is -16.5. The SMILES string of the molecule is CC(C)(C)c1ccc(-c2nnc(-c3ccc(COCCN(CCOCc4ccc(N(c5ccccc5)c5ccc6ccc7cccc8ccc5c6c78)cc4)c4ccc(C#Cc5ccc(C#Cc6ccc(N(CCOCc7ccc(-c8nnc(-c9ccc(C(C)(C)C)cc9)o8)cc7)CCOCc7ccc(N(c8ccccc8)c8ccc9ccc%10cccc%11ccc8c9c%10%11)cc7)cc6)c6nsnc56)cc4)cc3)o2)cc1. The van der Waals surface area contributed by atoms with Crippen molar-refractivity contribution in [2.24, 2.45) is 0 Å². The quantitative estimate of drug-likeness (QED) is 0.0223. The largest absolute Gasteiger partial charge is 0.416 e. The van der Waals surface area contributed by atoms with E-state index in [0.717, 1.165) is 124 Å². The third-order valence-electron chi connectivity index (χ3n) is 26.8. The monoisotopic (exact) mass is 1880 g/mol. The van der Waals surface area contributed by atoms with Crippen LogP contribution in [0.2, 0.25) is 0 Å². The normalized spacial score (nSPS) is 11.8. The lowest BCUT2D eigenvalue weighted by Crippen LogP contribution is -2.31. The second-order valence-corrected chi connectivity index (χ2v) is 38.9. The smallest absolute Gasteiger partial charge is 0.248 e. The van der Waals surface area contributed by atoms with E-state index in [9.17, 15) is 0 Å². The minimum Gasteiger partial charge on any atom is -0.416 e. The number of fused-ring (bicyclic) bond motifs is 1. The van der Waals surface area contributed by atoms with Gasteiger partial charge < -0.3 is 47.4 Å². The van der Waals surface area contributed by atoms with E-state index in [1.807, 2.05) is 60.7 Å². The van der Waals surface area contributed by atoms with E-state index in [4.69, 9.17) is 36.5 Å². The van der Waals surface area contributed by atoms with E-state index < -0.39 is 0 Å². The van der Waals surface area contributed by atoms with Crippen molar-refractivity contribution < 1.29 is 27.8 Å². The number of benzene rings is 19. The summed E-state index contributed by atoms with van der Waals surface area (Å²) < 4.78 is 47.9. The fourth-order valence-electron chi connectivity index (χ4n) is 19.0. The van der Waals surface area contributed by atoms with Gasteiger partial charge in [0.1, 0.15) is 11.0 Å². The van der Waals surface area contributed by atoms with Crippen molar-refractivity contribution in [1.29, 1.82) is 0 Å². The van der Waals surface area contributed by atoms with Gasteiger partial charge in [-0.3, -0.25) is 0 Å². The minimum absolute atomic E-state index is 0.0395. The lowest BCUT2D eigenvalue weighted by atomic mass is 9.87. The molecule has 3 heterocycles. The highest BCUT2D eigenvalue weighted by Crippen LogP contribution is 2.47. The zero-order chi connectivity index (χ0) is 96.8. The van der Waals surface area contributed by atoms with Gasteiger partial charge in [-0.1, -0.05) is 271 Å². The summed E-state index contributed by atoms with van der Waals surface area (Å²) in [7, 11) is 0. The third-order valence-corrected chi connectivity index (χ3v) is 27.3. The molecule has 700 valence electrons. The summed E-state index contributed by atoms with van der Waals surface area (Å²) in [5.41, 5.74) is 23.5. The molecule has 22 aromatic rings. The fourth-order valence-corrected chi connectivity index (χ4v) is 19.6. The molecule has 0 radical (unpaired) electrons. The molecule has 22 rings (SSSR count). The molecule has 0 fully saturated rings. The van der Waals surface area contributed by atoms with Crippen LogP contribution in [-0.2, 0) is 56.2 Å². The summed E-state index contributed by atoms with van der Waals surface area (Å²) >= 11 is 1.16. The molecule has 0 aliphatic carbocycles. The number of ether oxygens (including phenoxy) is 4. The predicted molar refractivity (Wildman–Crippen MR) is 583 cm³/mol. The van der Waals surface area contributed by atoms with Gasteiger partial charge in [0, 0.05) is 104 Å². The summed E-state index contributed by atoms with van der Waals surface area (Å²) in [6.07, 6.45) is 0. The molecule has 0 unspecified atom stereocenters. The van der Waals surface area contributed by atoms with Crippen LogP contribution in [0.5, 0.6) is 0 Å². The standard InChI is InChI=1S/C126H104N10O6S/c1-125(2,3)103-57-49-101(50-58-103)123-129-127-121(141-123)99-39-25-87(26-40-99)81-137-77-73-133(75-79-139-83-89-33-65-109(66-34-89)135(107-19-9-7-10-20-107)113-71-55-95-45-43-91-15-13-17-93-53-69-111(113)117(95)115(91)93)105-61-29-85(30-62-105)23-37-97-47-48-98(120-119(97)131-143-132-120)38-24-86-31-63-106(64-32-86)134(74-78-138-82-88-27-41-100(42-28-88)122-128-130-124(142-122)102-51-59-104(60-52-102)126(4,5)6)76-80-140-84-90-35-67-110(68-36-90)136(108-21-11-8-12-22-108)114-72-56-96-46-44-92-16-14-18-94-54-70-112(114)118(96)116(92)94/h7-22,25-36,39-72H,73-84H2,1-6H3. The molecule has 0 saturated carbocycles. The van der Waals surface area contributed by atoms with Crippen molar-refractivity contribution >= 4 is 133 Å². The average molecular weight is 1890 g/mol. The Labute approximate surface area is 836 Å². The van der Waals surface area contributed by atoms with Gasteiger partial charge in [-0.05, 0) is 268 Å². The number of para-hydroxylation sites is 2. The van der Waals surface area contributed by atoms with E-state index in [1.165, 1.54) is 75.8 Å². The van der Waals surface area contributed by atoms with Crippen LogP contribution < -0.4 is 19.6 Å². The Morgan fingerprint density at radius 1 is 0.266 bits per heavy atom. The van der Waals surface area contributed by atoms with Crippen molar-refractivity contribution in [3.63, 3.8) is 0 Å². The maximum atomic E-state index is 6.57. The molecule has 0 saturated heterocycles. The molecule has 0 aliphatic rings. The van der Waals surface area contributed by atoms with Crippen LogP contribution in [-0.4, -0.2) is 81.7 Å². The molecule has 0 spiro atoms. The number of nitrogens with zero attached hydrogens (tertiary/aromatic N) is 10. The van der Waals surface area contributed by atoms with Gasteiger partial charge in [0.2, 0.25) is 23.6 Å². The number of hydrogen-bond donors (Lipinski definition) is 0. The van der Waals surface area contributed by atoms with Crippen molar-refractivity contribution in [2.45, 2.75) is 78.8 Å². The van der Waals surface area contributed by atoms with Crippen molar-refractivity contribution in [3.8, 4) is 69.5 Å². The summed E-state index contributed by atoms with van der Waals surface area (Å²) in [5, 5.41) is 32.6. The van der Waals surface area contributed by atoms with E-state index in [2.05, 4.69) is 421 Å². The molecule has 0 amide bonds. The number of anilines is 8. The first-order valence-electron chi connectivity index (χ1n) is 48.7. The second kappa shape index (κ2) is 40.8. The van der Waals surface area contributed by atoms with E-state index >= 15 is 0 Å². The van der Waals surface area contributed by atoms with Gasteiger partial charge >= 0.3 is 0 Å². The lowest BCUT2D eigenvalue weighted by Gasteiger charge is -2.28. The van der Waals surface area contributed by atoms with Gasteiger partial charge in [-0.2, -0.15) is 8.75 Å². The predicted octanol–water partition coefficient (Wildman–Crippen LogP) is 29.7. The first-order valence-corrected chi connectivity index (χ1v) is 49.4. The number of rotatable bonds is 32. The summed E-state index contributed by atoms with van der Waals surface area (Å²) in [6.45, 7) is 19.3. The van der Waals surface area contributed by atoms with Gasteiger partial charge in [-0.15, -0.1) is 20.4 Å². The van der Waals surface area contributed by atoms with E-state index in [-0.39, 0.29) is 10.8 Å². The molecule has 0 aliphatic heterocycles. The Balaban J connectivity index is 0.468. The van der Waals surface area contributed by atoms with Gasteiger partial charge in [0.15, 0.2) is 0 Å². The maximum Gasteiger partial charge on any atom is 0.248 e. The highest BCUT2D eigenvalue weighted by Gasteiger charge is 2.25. The lowest BCUT2D eigenvalue weighted by molar-refractivity contribution is 0.115. The molecule has 19 aromatic carbocycles. The highest BCUT2D eigenvalue weighted by atomic mass is 32.1. The summed E-state index contributed by atoms with van der Waals surface area (Å²) in [4.78, 5) is 9.35. The average Bonchev–Trinajstić information content (AvgIpc) is 1.18. The van der Waals surface area contributed by atoms with Crippen LogP contribution in [0, 0.1) is 23.7 Å². The molecular formula is C126H104N10O6S. The van der Waals surface area contributed by atoms with Crippen LogP contribution >= 0.6 is 11.7 Å². The Morgan fingerprint density at radius 2 is 0.552 bits per heavy atom. The van der Waals surface area contributed by atoms with Crippen LogP contribution in [0.3, 0.4) is 0 Å². The van der Waals surface area contributed by atoms with E-state index in [1.54, 1.807) is 0 Å². The molecule has 0 atom stereocenters. The zero-order valence-corrected chi connectivity index (χ0v) is 81.4. The molecule has 0 N–H and O–H groups in total.